The van der Waals surface area contributed by atoms with E-state index < -0.39 is 12.2 Å². The monoisotopic (exact) mass is 265 g/mol. The van der Waals surface area contributed by atoms with Crippen LogP contribution in [0.15, 0.2) is 11.1 Å². The minimum absolute atomic E-state index is 0.0470. The first-order valence-corrected chi connectivity index (χ1v) is 6.11. The van der Waals surface area contributed by atoms with Gasteiger partial charge in [0, 0.05) is 6.54 Å². The number of fused-ring (bicyclic) bond motifs is 1. The number of nitrogens with two attached hydrogens (primary N) is 1. The summed E-state index contributed by atoms with van der Waals surface area (Å²) in [5, 5.41) is 19.1. The molecule has 5 N–H and O–H groups in total. The van der Waals surface area contributed by atoms with Crippen molar-refractivity contribution in [3.63, 3.8) is 0 Å². The van der Waals surface area contributed by atoms with Crippen LogP contribution in [0.3, 0.4) is 0 Å². The zero-order valence-electron chi connectivity index (χ0n) is 10.2. The van der Waals surface area contributed by atoms with E-state index in [1.54, 1.807) is 4.57 Å². The number of nitrogens with zero attached hydrogens (tertiary/aromatic N) is 3. The molecule has 0 radical (unpaired) electrons. The largest absolute Gasteiger partial charge is 0.390 e. The Kier molecular flexibility index (Phi) is 2.76. The minimum atomic E-state index is -0.679. The molecule has 19 heavy (non-hydrogen) atoms. The molecule has 1 fully saturated rings. The highest BCUT2D eigenvalue weighted by Gasteiger charge is 2.31. The molecule has 2 aromatic heterocycles. The maximum absolute atomic E-state index is 11.6. The second kappa shape index (κ2) is 4.32. The maximum atomic E-state index is 11.6. The van der Waals surface area contributed by atoms with Crippen LogP contribution in [0.25, 0.3) is 11.2 Å². The van der Waals surface area contributed by atoms with Gasteiger partial charge in [-0.2, -0.15) is 4.98 Å². The van der Waals surface area contributed by atoms with Gasteiger partial charge < -0.3 is 20.5 Å². The summed E-state index contributed by atoms with van der Waals surface area (Å²) in [5.74, 6) is 0.176. The van der Waals surface area contributed by atoms with E-state index in [9.17, 15) is 15.0 Å². The Hall–Kier alpha value is -1.93. The van der Waals surface area contributed by atoms with Gasteiger partial charge in [-0.15, -0.1) is 0 Å². The van der Waals surface area contributed by atoms with Gasteiger partial charge in [0.1, 0.15) is 0 Å². The highest BCUT2D eigenvalue weighted by atomic mass is 16.3. The Morgan fingerprint density at radius 3 is 2.79 bits per heavy atom. The summed E-state index contributed by atoms with van der Waals surface area (Å²) in [5.41, 5.74) is 5.82. The number of aliphatic hydroxyl groups is 2. The highest BCUT2D eigenvalue weighted by molar-refractivity contribution is 5.70. The van der Waals surface area contributed by atoms with Crippen molar-refractivity contribution in [3.05, 3.63) is 16.7 Å². The van der Waals surface area contributed by atoms with Gasteiger partial charge in [-0.05, 0) is 18.8 Å². The van der Waals surface area contributed by atoms with Crippen molar-refractivity contribution >= 4 is 17.1 Å². The van der Waals surface area contributed by atoms with Gasteiger partial charge in [-0.1, -0.05) is 0 Å². The van der Waals surface area contributed by atoms with Crippen molar-refractivity contribution in [2.24, 2.45) is 5.92 Å². The lowest BCUT2D eigenvalue weighted by Gasteiger charge is -2.10. The predicted octanol–water partition coefficient (Wildman–Crippen LogP) is -1.17. The van der Waals surface area contributed by atoms with Crippen molar-refractivity contribution in [2.45, 2.75) is 31.6 Å². The van der Waals surface area contributed by atoms with Crippen molar-refractivity contribution in [1.82, 2.24) is 19.5 Å². The Morgan fingerprint density at radius 1 is 1.42 bits per heavy atom. The summed E-state index contributed by atoms with van der Waals surface area (Å²) in [4.78, 5) is 22.1. The van der Waals surface area contributed by atoms with Gasteiger partial charge in [0.25, 0.3) is 5.56 Å². The Morgan fingerprint density at radius 2 is 2.11 bits per heavy atom. The Labute approximate surface area is 107 Å². The standard InChI is InChI=1S/C11H15N5O3/c12-11-14-9-8(10(19)15-11)13-4-16(9)3-5-1-6(17)7(18)2-5/h4-7,17-18H,1-3H2,(H3,12,14,15,19)/t6-,7-/m0/s1. The number of aromatic nitrogens is 4. The van der Waals surface area contributed by atoms with E-state index >= 15 is 0 Å². The van der Waals surface area contributed by atoms with Crippen molar-refractivity contribution in [1.29, 1.82) is 0 Å². The van der Waals surface area contributed by atoms with E-state index in [4.69, 9.17) is 5.73 Å². The van der Waals surface area contributed by atoms with Gasteiger partial charge >= 0.3 is 0 Å². The molecule has 102 valence electrons. The van der Waals surface area contributed by atoms with E-state index in [0.29, 0.717) is 25.0 Å². The molecule has 0 aromatic carbocycles. The Bertz CT molecular complexity index is 654. The fourth-order valence-corrected chi connectivity index (χ4v) is 2.63. The fraction of sp³-hybridized carbons (Fsp3) is 0.545. The molecule has 0 amide bonds. The van der Waals surface area contributed by atoms with Crippen molar-refractivity contribution < 1.29 is 10.2 Å². The van der Waals surface area contributed by atoms with Crippen LogP contribution in [0, 0.1) is 5.92 Å². The number of rotatable bonds is 2. The SMILES string of the molecule is Nc1nc2c(ncn2CC2C[C@H](O)[C@@H](O)C2)c(=O)[nH]1. The van der Waals surface area contributed by atoms with Crippen LogP contribution in [-0.2, 0) is 6.54 Å². The Balaban J connectivity index is 1.92. The zero-order chi connectivity index (χ0) is 13.6. The van der Waals surface area contributed by atoms with Crippen molar-refractivity contribution in [2.75, 3.05) is 5.73 Å². The third kappa shape index (κ3) is 2.08. The summed E-state index contributed by atoms with van der Waals surface area (Å²) in [6.07, 6.45) is 1.23. The quantitative estimate of drug-likeness (QED) is 0.541. The molecule has 8 nitrogen and oxygen atoms in total. The first-order valence-electron chi connectivity index (χ1n) is 6.11. The number of aliphatic hydroxyl groups excluding tert-OH is 2. The van der Waals surface area contributed by atoms with Gasteiger partial charge in [0.2, 0.25) is 5.95 Å². The van der Waals surface area contributed by atoms with Gasteiger partial charge in [-0.25, -0.2) is 4.98 Å². The fourth-order valence-electron chi connectivity index (χ4n) is 2.63. The van der Waals surface area contributed by atoms with Crippen LogP contribution in [0.2, 0.25) is 0 Å². The first-order chi connectivity index (χ1) is 9.04. The molecule has 1 saturated carbocycles. The number of nitrogens with one attached hydrogen (secondary N) is 1. The molecule has 1 aliphatic rings. The third-order valence-electron chi connectivity index (χ3n) is 3.54. The molecule has 0 bridgehead atoms. The number of hydrogen-bond donors (Lipinski definition) is 4. The molecule has 1 aliphatic carbocycles. The van der Waals surface area contributed by atoms with E-state index in [1.807, 2.05) is 0 Å². The zero-order valence-corrected chi connectivity index (χ0v) is 10.2. The number of nitrogen functional groups attached to an aromatic ring is 1. The average Bonchev–Trinajstić information content (AvgIpc) is 2.85. The summed E-state index contributed by atoms with van der Waals surface area (Å²) in [7, 11) is 0. The van der Waals surface area contributed by atoms with Crippen LogP contribution in [0.4, 0.5) is 5.95 Å². The summed E-state index contributed by atoms with van der Waals surface area (Å²) in [6, 6.07) is 0. The summed E-state index contributed by atoms with van der Waals surface area (Å²) < 4.78 is 1.73. The molecule has 0 spiro atoms. The van der Waals surface area contributed by atoms with E-state index in [-0.39, 0.29) is 22.9 Å². The molecular weight excluding hydrogens is 250 g/mol. The lowest BCUT2D eigenvalue weighted by molar-refractivity contribution is 0.0438. The van der Waals surface area contributed by atoms with E-state index in [1.165, 1.54) is 6.33 Å². The molecule has 8 heteroatoms. The number of H-pyrrole nitrogens is 1. The normalized spacial score (nSPS) is 24.3. The highest BCUT2D eigenvalue weighted by Crippen LogP contribution is 2.28. The predicted molar refractivity (Wildman–Crippen MR) is 67.3 cm³/mol. The van der Waals surface area contributed by atoms with Crippen LogP contribution >= 0.6 is 0 Å². The molecule has 0 aliphatic heterocycles. The molecule has 3 rings (SSSR count). The second-order valence-corrected chi connectivity index (χ2v) is 4.99. The molecular formula is C11H15N5O3. The topological polar surface area (TPSA) is 130 Å². The molecule has 0 unspecified atom stereocenters. The number of imidazole rings is 1. The second-order valence-electron chi connectivity index (χ2n) is 4.99. The summed E-state index contributed by atoms with van der Waals surface area (Å²) >= 11 is 0. The summed E-state index contributed by atoms with van der Waals surface area (Å²) in [6.45, 7) is 0.542. The average molecular weight is 265 g/mol. The van der Waals surface area contributed by atoms with E-state index in [0.717, 1.165) is 0 Å². The molecule has 0 saturated heterocycles. The maximum Gasteiger partial charge on any atom is 0.280 e. The number of hydrogen-bond acceptors (Lipinski definition) is 6. The van der Waals surface area contributed by atoms with Crippen LogP contribution in [0.1, 0.15) is 12.8 Å². The van der Waals surface area contributed by atoms with Gasteiger partial charge in [0.15, 0.2) is 11.2 Å². The van der Waals surface area contributed by atoms with Gasteiger partial charge in [0.05, 0.1) is 18.5 Å². The third-order valence-corrected chi connectivity index (χ3v) is 3.54. The van der Waals surface area contributed by atoms with Crippen LogP contribution in [-0.4, -0.2) is 41.9 Å². The smallest absolute Gasteiger partial charge is 0.280 e. The lowest BCUT2D eigenvalue weighted by atomic mass is 10.1. The number of anilines is 1. The number of aromatic amines is 1. The first kappa shape index (κ1) is 12.1. The van der Waals surface area contributed by atoms with Crippen LogP contribution in [0.5, 0.6) is 0 Å². The lowest BCUT2D eigenvalue weighted by Crippen LogP contribution is -2.17. The van der Waals surface area contributed by atoms with E-state index in [2.05, 4.69) is 15.0 Å². The molecule has 2 aromatic rings. The molecule has 2 atom stereocenters. The van der Waals surface area contributed by atoms with Gasteiger partial charge in [-0.3, -0.25) is 9.78 Å². The van der Waals surface area contributed by atoms with Crippen molar-refractivity contribution in [3.8, 4) is 0 Å². The minimum Gasteiger partial charge on any atom is -0.390 e. The van der Waals surface area contributed by atoms with Crippen LogP contribution < -0.4 is 11.3 Å². The molecule has 2 heterocycles.